The zero-order valence-corrected chi connectivity index (χ0v) is 18.0. The number of hydrogen-bond acceptors (Lipinski definition) is 4. The van der Waals surface area contributed by atoms with Gasteiger partial charge in [0.1, 0.15) is 11.5 Å². The van der Waals surface area contributed by atoms with Crippen LogP contribution < -0.4 is 14.8 Å². The molecule has 0 heterocycles. The van der Waals surface area contributed by atoms with Crippen molar-refractivity contribution in [2.45, 2.75) is 52.4 Å². The van der Waals surface area contributed by atoms with Crippen LogP contribution >= 0.6 is 0 Å². The normalized spacial score (nSPS) is 15.8. The van der Waals surface area contributed by atoms with Crippen LogP contribution in [0.3, 0.4) is 0 Å². The monoisotopic (exact) mass is 395 g/mol. The molecule has 0 aromatic heterocycles. The van der Waals surface area contributed by atoms with E-state index in [1.54, 1.807) is 13.2 Å². The van der Waals surface area contributed by atoms with Gasteiger partial charge in [-0.3, -0.25) is 9.59 Å². The second-order valence-corrected chi connectivity index (χ2v) is 8.70. The number of anilines is 1. The Morgan fingerprint density at radius 2 is 1.86 bits per heavy atom. The Morgan fingerprint density at radius 1 is 1.17 bits per heavy atom. The van der Waals surface area contributed by atoms with Crippen molar-refractivity contribution in [2.75, 3.05) is 19.0 Å². The Balaban J connectivity index is 1.76. The number of Topliss-reactive ketones (excluding diaryl/α,β-unsaturated/α-hetero) is 1. The first-order valence-corrected chi connectivity index (χ1v) is 9.89. The maximum absolute atomic E-state index is 12.6. The molecule has 1 unspecified atom stereocenters. The lowest BCUT2D eigenvalue weighted by atomic mass is 9.87. The zero-order chi connectivity index (χ0) is 21.3. The van der Waals surface area contributed by atoms with E-state index in [9.17, 15) is 9.59 Å². The number of carbonyl (C=O) groups excluding carboxylic acids is 2. The summed E-state index contributed by atoms with van der Waals surface area (Å²) in [4.78, 5) is 25.0. The molecule has 29 heavy (non-hydrogen) atoms. The molecule has 1 atom stereocenters. The lowest BCUT2D eigenvalue weighted by Crippen LogP contribution is -2.22. The lowest BCUT2D eigenvalue weighted by molar-refractivity contribution is -0.118. The van der Waals surface area contributed by atoms with Gasteiger partial charge in [0.15, 0.2) is 12.4 Å². The summed E-state index contributed by atoms with van der Waals surface area (Å²) in [6, 6.07) is 9.48. The van der Waals surface area contributed by atoms with Crippen molar-refractivity contribution >= 4 is 17.4 Å². The highest BCUT2D eigenvalue weighted by molar-refractivity contribution is 6.04. The summed E-state index contributed by atoms with van der Waals surface area (Å²) < 4.78 is 11.1. The molecule has 0 saturated carbocycles. The van der Waals surface area contributed by atoms with E-state index in [1.165, 1.54) is 0 Å². The number of aryl methyl sites for hydroxylation is 1. The summed E-state index contributed by atoms with van der Waals surface area (Å²) in [6.45, 7) is 10.2. The molecule has 5 heteroatoms. The lowest BCUT2D eigenvalue weighted by Gasteiger charge is -2.21. The molecule has 2 aromatic rings. The molecule has 5 nitrogen and oxygen atoms in total. The number of rotatable bonds is 5. The van der Waals surface area contributed by atoms with Gasteiger partial charge in [-0.15, -0.1) is 0 Å². The van der Waals surface area contributed by atoms with Crippen LogP contribution in [0.15, 0.2) is 30.3 Å². The van der Waals surface area contributed by atoms with Gasteiger partial charge in [0.25, 0.3) is 5.91 Å². The molecule has 0 saturated heterocycles. The Labute approximate surface area is 172 Å². The van der Waals surface area contributed by atoms with Crippen LogP contribution in [-0.2, 0) is 10.2 Å². The Bertz CT molecular complexity index is 956. The first-order valence-electron chi connectivity index (χ1n) is 9.89. The number of carbonyl (C=O) groups is 2. The molecule has 0 spiro atoms. The van der Waals surface area contributed by atoms with Crippen LogP contribution in [0.5, 0.6) is 11.5 Å². The number of nitrogens with one attached hydrogen (secondary N) is 1. The summed E-state index contributed by atoms with van der Waals surface area (Å²) in [7, 11) is 1.57. The van der Waals surface area contributed by atoms with Crippen LogP contribution in [0.1, 0.15) is 67.1 Å². The Morgan fingerprint density at radius 3 is 2.52 bits per heavy atom. The SMILES string of the molecule is COc1ccc(C(C)(C)C)cc1NC(=O)COc1ccc(C)c2c1C(=O)CC2C. The predicted molar refractivity (Wildman–Crippen MR) is 114 cm³/mol. The molecule has 1 aliphatic rings. The third kappa shape index (κ3) is 4.29. The van der Waals surface area contributed by atoms with Crippen molar-refractivity contribution in [1.82, 2.24) is 0 Å². The second kappa shape index (κ2) is 7.90. The maximum atomic E-state index is 12.6. The number of hydrogen-bond donors (Lipinski definition) is 1. The van der Waals surface area contributed by atoms with E-state index in [0.29, 0.717) is 29.2 Å². The van der Waals surface area contributed by atoms with E-state index in [-0.39, 0.29) is 29.6 Å². The van der Waals surface area contributed by atoms with Crippen molar-refractivity contribution in [3.63, 3.8) is 0 Å². The van der Waals surface area contributed by atoms with Crippen molar-refractivity contribution in [3.05, 3.63) is 52.6 Å². The highest BCUT2D eigenvalue weighted by Gasteiger charge is 2.31. The summed E-state index contributed by atoms with van der Waals surface area (Å²) in [6.07, 6.45) is 0.486. The standard InChI is InChI=1S/C24H29NO4/c1-14-7-9-20(23-18(26)11-15(2)22(14)23)29-13-21(27)25-17-12-16(24(3,4)5)8-10-19(17)28-6/h7-10,12,15H,11,13H2,1-6H3,(H,25,27). The second-order valence-electron chi connectivity index (χ2n) is 8.70. The van der Waals surface area contributed by atoms with E-state index in [2.05, 4.69) is 26.1 Å². The molecule has 1 aliphatic carbocycles. The minimum absolute atomic E-state index is 0.0538. The van der Waals surface area contributed by atoms with Gasteiger partial charge in [-0.25, -0.2) is 0 Å². The topological polar surface area (TPSA) is 64.6 Å². The van der Waals surface area contributed by atoms with Crippen LogP contribution in [0.2, 0.25) is 0 Å². The fourth-order valence-corrected chi connectivity index (χ4v) is 3.83. The van der Waals surface area contributed by atoms with E-state index < -0.39 is 0 Å². The summed E-state index contributed by atoms with van der Waals surface area (Å²) in [5.41, 5.74) is 4.38. The molecule has 154 valence electrons. The van der Waals surface area contributed by atoms with Crippen LogP contribution in [0.25, 0.3) is 0 Å². The van der Waals surface area contributed by atoms with Gasteiger partial charge in [0, 0.05) is 6.42 Å². The first-order chi connectivity index (χ1) is 13.6. The number of methoxy groups -OCH3 is 1. The minimum Gasteiger partial charge on any atom is -0.495 e. The highest BCUT2D eigenvalue weighted by atomic mass is 16.5. The molecular formula is C24H29NO4. The van der Waals surface area contributed by atoms with Gasteiger partial charge in [-0.05, 0) is 53.1 Å². The summed E-state index contributed by atoms with van der Waals surface area (Å²) >= 11 is 0. The average molecular weight is 395 g/mol. The van der Waals surface area contributed by atoms with Crippen molar-refractivity contribution in [1.29, 1.82) is 0 Å². The number of benzene rings is 2. The Hall–Kier alpha value is -2.82. The van der Waals surface area contributed by atoms with Gasteiger partial charge >= 0.3 is 0 Å². The molecular weight excluding hydrogens is 366 g/mol. The number of ether oxygens (including phenoxy) is 2. The fraction of sp³-hybridized carbons (Fsp3) is 0.417. The molecule has 1 N–H and O–H groups in total. The quantitative estimate of drug-likeness (QED) is 0.773. The van der Waals surface area contributed by atoms with Gasteiger partial charge in [0.2, 0.25) is 0 Å². The molecule has 0 bridgehead atoms. The van der Waals surface area contributed by atoms with E-state index in [4.69, 9.17) is 9.47 Å². The van der Waals surface area contributed by atoms with Gasteiger partial charge in [-0.1, -0.05) is 39.8 Å². The smallest absolute Gasteiger partial charge is 0.262 e. The average Bonchev–Trinajstić information content (AvgIpc) is 2.96. The molecule has 0 aliphatic heterocycles. The summed E-state index contributed by atoms with van der Waals surface area (Å²) in [5, 5.41) is 2.87. The largest absolute Gasteiger partial charge is 0.495 e. The molecule has 3 rings (SSSR count). The molecule has 2 aromatic carbocycles. The van der Waals surface area contributed by atoms with Gasteiger partial charge in [0.05, 0.1) is 18.4 Å². The van der Waals surface area contributed by atoms with Crippen LogP contribution in [0.4, 0.5) is 5.69 Å². The number of fused-ring (bicyclic) bond motifs is 1. The highest BCUT2D eigenvalue weighted by Crippen LogP contribution is 2.40. The molecule has 1 amide bonds. The Kier molecular flexibility index (Phi) is 5.69. The zero-order valence-electron chi connectivity index (χ0n) is 18.0. The molecule has 0 fully saturated rings. The van der Waals surface area contributed by atoms with E-state index in [1.807, 2.05) is 38.1 Å². The number of amides is 1. The van der Waals surface area contributed by atoms with Crippen molar-refractivity contribution < 1.29 is 19.1 Å². The van der Waals surface area contributed by atoms with Gasteiger partial charge in [-0.2, -0.15) is 0 Å². The van der Waals surface area contributed by atoms with Crippen LogP contribution in [0, 0.1) is 6.92 Å². The third-order valence-corrected chi connectivity index (χ3v) is 5.39. The summed E-state index contributed by atoms with van der Waals surface area (Å²) in [5.74, 6) is 1.02. The van der Waals surface area contributed by atoms with E-state index in [0.717, 1.165) is 16.7 Å². The van der Waals surface area contributed by atoms with Gasteiger partial charge < -0.3 is 14.8 Å². The number of ketones is 1. The fourth-order valence-electron chi connectivity index (χ4n) is 3.83. The van der Waals surface area contributed by atoms with Crippen molar-refractivity contribution in [2.24, 2.45) is 0 Å². The van der Waals surface area contributed by atoms with Crippen LogP contribution in [-0.4, -0.2) is 25.4 Å². The van der Waals surface area contributed by atoms with E-state index >= 15 is 0 Å². The maximum Gasteiger partial charge on any atom is 0.262 e. The third-order valence-electron chi connectivity index (χ3n) is 5.39. The molecule has 0 radical (unpaired) electrons. The minimum atomic E-state index is -0.304. The predicted octanol–water partition coefficient (Wildman–Crippen LogP) is 5.01. The first kappa shape index (κ1) is 20.9. The van der Waals surface area contributed by atoms with Crippen molar-refractivity contribution in [3.8, 4) is 11.5 Å².